The Hall–Kier alpha value is -4.06. The van der Waals surface area contributed by atoms with Gasteiger partial charge in [0.05, 0.1) is 0 Å². The van der Waals surface area contributed by atoms with E-state index in [1.807, 2.05) is 36.4 Å². The summed E-state index contributed by atoms with van der Waals surface area (Å²) in [6.45, 7) is 0.484. The Morgan fingerprint density at radius 3 is 2.55 bits per heavy atom. The fraction of sp³-hybridized carbons (Fsp3) is 0.0435. The number of oxazole rings is 1. The lowest BCUT2D eigenvalue weighted by Crippen LogP contribution is -2.12. The van der Waals surface area contributed by atoms with Crippen LogP contribution in [0.1, 0.15) is 16.1 Å². The Morgan fingerprint density at radius 1 is 1.00 bits per heavy atom. The lowest BCUT2D eigenvalue weighted by Gasteiger charge is -2.08. The fourth-order valence-corrected chi connectivity index (χ4v) is 2.75. The maximum absolute atomic E-state index is 12.4. The van der Waals surface area contributed by atoms with Crippen LogP contribution in [0, 0.1) is 0 Å². The van der Waals surface area contributed by atoms with Crippen molar-refractivity contribution in [3.63, 3.8) is 0 Å². The molecule has 0 atom stereocenters. The molecule has 0 aliphatic heterocycles. The van der Waals surface area contributed by atoms with Crippen LogP contribution in [0.5, 0.6) is 5.75 Å². The third kappa shape index (κ3) is 4.62. The highest BCUT2D eigenvalue weighted by atomic mass is 16.5. The number of aromatic nitrogens is 1. The Kier molecular flexibility index (Phi) is 5.25. The summed E-state index contributed by atoms with van der Waals surface area (Å²) in [5.74, 6) is 0.700. The Labute approximate surface area is 168 Å². The zero-order valence-corrected chi connectivity index (χ0v) is 15.5. The molecule has 0 radical (unpaired) electrons. The van der Waals surface area contributed by atoms with Gasteiger partial charge in [0, 0.05) is 16.9 Å². The number of nitrogen functional groups attached to an aromatic ring is 1. The van der Waals surface area contributed by atoms with Crippen LogP contribution in [-0.2, 0) is 6.61 Å². The van der Waals surface area contributed by atoms with Crippen molar-refractivity contribution >= 4 is 17.3 Å². The second kappa shape index (κ2) is 8.31. The summed E-state index contributed by atoms with van der Waals surface area (Å²) in [5.41, 5.74) is 8.99. The Morgan fingerprint density at radius 2 is 1.79 bits per heavy atom. The van der Waals surface area contributed by atoms with E-state index in [0.29, 0.717) is 29.4 Å². The molecule has 4 rings (SSSR count). The molecule has 0 aliphatic rings. The summed E-state index contributed by atoms with van der Waals surface area (Å²) in [4.78, 5) is 16.7. The van der Waals surface area contributed by atoms with E-state index in [-0.39, 0.29) is 11.6 Å². The van der Waals surface area contributed by atoms with Crippen LogP contribution >= 0.6 is 0 Å². The van der Waals surface area contributed by atoms with Gasteiger partial charge in [-0.1, -0.05) is 36.4 Å². The van der Waals surface area contributed by atoms with Crippen molar-refractivity contribution < 1.29 is 13.9 Å². The Bertz CT molecular complexity index is 1110. The van der Waals surface area contributed by atoms with E-state index in [1.165, 1.54) is 6.26 Å². The van der Waals surface area contributed by atoms with Gasteiger partial charge in [-0.2, -0.15) is 0 Å². The van der Waals surface area contributed by atoms with Crippen molar-refractivity contribution in [3.8, 4) is 17.2 Å². The second-order valence-electron chi connectivity index (χ2n) is 6.42. The molecule has 1 amide bonds. The van der Waals surface area contributed by atoms with Crippen LogP contribution in [0.15, 0.2) is 89.5 Å². The molecule has 144 valence electrons. The highest BCUT2D eigenvalue weighted by Gasteiger charge is 2.14. The summed E-state index contributed by atoms with van der Waals surface area (Å²) < 4.78 is 11.2. The van der Waals surface area contributed by atoms with Gasteiger partial charge < -0.3 is 20.2 Å². The molecule has 3 aromatic carbocycles. The van der Waals surface area contributed by atoms with Crippen LogP contribution in [0.3, 0.4) is 0 Å². The summed E-state index contributed by atoms with van der Waals surface area (Å²) in [6.07, 6.45) is 1.32. The van der Waals surface area contributed by atoms with Crippen molar-refractivity contribution in [2.75, 3.05) is 11.1 Å². The predicted molar refractivity (Wildman–Crippen MR) is 112 cm³/mol. The van der Waals surface area contributed by atoms with Gasteiger partial charge in [0.1, 0.15) is 18.6 Å². The second-order valence-corrected chi connectivity index (χ2v) is 6.42. The molecule has 1 aromatic heterocycles. The Balaban J connectivity index is 1.37. The quantitative estimate of drug-likeness (QED) is 0.467. The van der Waals surface area contributed by atoms with Gasteiger partial charge >= 0.3 is 0 Å². The number of carbonyl (C=O) groups excluding carboxylic acids is 1. The number of nitrogens with zero attached hydrogens (tertiary/aromatic N) is 1. The third-order valence-electron chi connectivity index (χ3n) is 4.23. The first-order valence-electron chi connectivity index (χ1n) is 9.07. The first-order valence-corrected chi connectivity index (χ1v) is 9.07. The maximum atomic E-state index is 12.4. The number of nitrogens with one attached hydrogen (secondary N) is 1. The monoisotopic (exact) mass is 385 g/mol. The highest BCUT2D eigenvalue weighted by Crippen LogP contribution is 2.22. The molecule has 6 heteroatoms. The SMILES string of the molecule is Nc1cccc(-c2nc(C(=O)Nc3ccc(OCc4ccccc4)cc3)co2)c1. The van der Waals surface area contributed by atoms with Crippen molar-refractivity contribution in [1.29, 1.82) is 0 Å². The highest BCUT2D eigenvalue weighted by molar-refractivity contribution is 6.02. The van der Waals surface area contributed by atoms with Crippen molar-refractivity contribution in [3.05, 3.63) is 96.4 Å². The predicted octanol–water partition coefficient (Wildman–Crippen LogP) is 4.76. The number of anilines is 2. The number of nitrogens with two attached hydrogens (primary N) is 1. The van der Waals surface area contributed by atoms with Gasteiger partial charge in [0.25, 0.3) is 5.91 Å². The van der Waals surface area contributed by atoms with Crippen LogP contribution in [-0.4, -0.2) is 10.9 Å². The van der Waals surface area contributed by atoms with Crippen LogP contribution < -0.4 is 15.8 Å². The summed E-state index contributed by atoms with van der Waals surface area (Å²) in [6, 6.07) is 24.2. The lowest BCUT2D eigenvalue weighted by atomic mass is 10.2. The summed E-state index contributed by atoms with van der Waals surface area (Å²) in [5, 5.41) is 2.79. The number of benzene rings is 3. The summed E-state index contributed by atoms with van der Waals surface area (Å²) in [7, 11) is 0. The molecule has 0 aliphatic carbocycles. The third-order valence-corrected chi connectivity index (χ3v) is 4.23. The van der Waals surface area contributed by atoms with Crippen LogP contribution in [0.25, 0.3) is 11.5 Å². The number of ether oxygens (including phenoxy) is 1. The van der Waals surface area contributed by atoms with Gasteiger partial charge in [-0.25, -0.2) is 4.98 Å². The molecular weight excluding hydrogens is 366 g/mol. The average molecular weight is 385 g/mol. The molecule has 29 heavy (non-hydrogen) atoms. The van der Waals surface area contributed by atoms with E-state index in [1.54, 1.807) is 42.5 Å². The van der Waals surface area contributed by atoms with Gasteiger partial charge in [-0.15, -0.1) is 0 Å². The van der Waals surface area contributed by atoms with E-state index in [9.17, 15) is 4.79 Å². The number of carbonyl (C=O) groups is 1. The van der Waals surface area contributed by atoms with Gasteiger partial charge in [-0.05, 0) is 48.0 Å². The van der Waals surface area contributed by atoms with Crippen molar-refractivity contribution in [2.24, 2.45) is 0 Å². The van der Waals surface area contributed by atoms with Gasteiger partial charge in [-0.3, -0.25) is 4.79 Å². The van der Waals surface area contributed by atoms with E-state index in [4.69, 9.17) is 14.9 Å². The molecule has 3 N–H and O–H groups in total. The number of amides is 1. The first-order chi connectivity index (χ1) is 14.2. The number of hydrogen-bond donors (Lipinski definition) is 2. The van der Waals surface area contributed by atoms with Gasteiger partial charge in [0.2, 0.25) is 5.89 Å². The molecular formula is C23H19N3O3. The minimum absolute atomic E-state index is 0.187. The van der Waals surface area contributed by atoms with Gasteiger partial charge in [0.15, 0.2) is 5.69 Å². The minimum Gasteiger partial charge on any atom is -0.489 e. The van der Waals surface area contributed by atoms with E-state index < -0.39 is 0 Å². The zero-order valence-electron chi connectivity index (χ0n) is 15.5. The lowest BCUT2D eigenvalue weighted by molar-refractivity contribution is 0.102. The molecule has 0 bridgehead atoms. The van der Waals surface area contributed by atoms with Crippen molar-refractivity contribution in [2.45, 2.75) is 6.61 Å². The minimum atomic E-state index is -0.359. The van der Waals surface area contributed by atoms with E-state index >= 15 is 0 Å². The van der Waals surface area contributed by atoms with E-state index in [2.05, 4.69) is 10.3 Å². The standard InChI is InChI=1S/C23H19N3O3/c24-18-8-4-7-17(13-18)23-26-21(15-29-23)22(27)25-19-9-11-20(12-10-19)28-14-16-5-2-1-3-6-16/h1-13,15H,14,24H2,(H,25,27). The van der Waals surface area contributed by atoms with Crippen LogP contribution in [0.2, 0.25) is 0 Å². The number of hydrogen-bond acceptors (Lipinski definition) is 5. The molecule has 0 saturated heterocycles. The van der Waals surface area contributed by atoms with Crippen LogP contribution in [0.4, 0.5) is 11.4 Å². The fourth-order valence-electron chi connectivity index (χ4n) is 2.75. The molecule has 0 saturated carbocycles. The zero-order chi connectivity index (χ0) is 20.1. The smallest absolute Gasteiger partial charge is 0.277 e. The molecule has 0 fully saturated rings. The number of rotatable bonds is 6. The topological polar surface area (TPSA) is 90.4 Å². The largest absolute Gasteiger partial charge is 0.489 e. The molecule has 0 unspecified atom stereocenters. The normalized spacial score (nSPS) is 10.5. The average Bonchev–Trinajstić information content (AvgIpc) is 3.25. The summed E-state index contributed by atoms with van der Waals surface area (Å²) >= 11 is 0. The van der Waals surface area contributed by atoms with Crippen molar-refractivity contribution in [1.82, 2.24) is 4.98 Å². The molecule has 6 nitrogen and oxygen atoms in total. The first kappa shape index (κ1) is 18.3. The van der Waals surface area contributed by atoms with E-state index in [0.717, 1.165) is 11.3 Å². The molecule has 0 spiro atoms. The molecule has 1 heterocycles. The maximum Gasteiger partial charge on any atom is 0.277 e. The molecule has 4 aromatic rings.